The second-order valence-electron chi connectivity index (χ2n) is 7.93. The molecular weight excluding hydrogens is 418 g/mol. The molecule has 5 N–H and O–H groups in total. The van der Waals surface area contributed by atoms with E-state index < -0.39 is 5.91 Å². The zero-order valence-electron chi connectivity index (χ0n) is 18.4. The maximum Gasteiger partial charge on any atom is 0.321 e. The lowest BCUT2D eigenvalue weighted by Gasteiger charge is -2.18. The summed E-state index contributed by atoms with van der Waals surface area (Å²) in [6.07, 6.45) is 3.47. The molecule has 0 bridgehead atoms. The summed E-state index contributed by atoms with van der Waals surface area (Å²) in [7, 11) is 0. The zero-order valence-corrected chi connectivity index (χ0v) is 18.4. The van der Waals surface area contributed by atoms with E-state index in [1.54, 1.807) is 11.0 Å². The fraction of sp³-hybridized carbons (Fsp3) is 0.250. The molecule has 1 aliphatic rings. The van der Waals surface area contributed by atoms with Crippen LogP contribution in [0, 0.1) is 0 Å². The molecule has 3 aromatic rings. The van der Waals surface area contributed by atoms with Crippen molar-refractivity contribution in [2.45, 2.75) is 25.8 Å². The fourth-order valence-corrected chi connectivity index (χ4v) is 3.69. The van der Waals surface area contributed by atoms with Crippen LogP contribution >= 0.6 is 0 Å². The number of amides is 3. The summed E-state index contributed by atoms with van der Waals surface area (Å²) in [5, 5.41) is 9.30. The number of anilines is 4. The van der Waals surface area contributed by atoms with Crippen LogP contribution < -0.4 is 21.7 Å². The number of aromatic nitrogens is 2. The monoisotopic (exact) mass is 445 g/mol. The minimum absolute atomic E-state index is 0.101. The Hall–Kier alpha value is -4.14. The summed E-state index contributed by atoms with van der Waals surface area (Å²) in [6, 6.07) is 16.9. The molecule has 1 saturated heterocycles. The molecule has 1 unspecified atom stereocenters. The number of carbonyl (C=O) groups is 2. The number of hydrogen-bond donors (Lipinski definition) is 4. The molecular formula is C24H27N7O2. The second-order valence-corrected chi connectivity index (χ2v) is 7.93. The number of hydrogen-bond acceptors (Lipinski definition) is 6. The molecule has 33 heavy (non-hydrogen) atoms. The van der Waals surface area contributed by atoms with Gasteiger partial charge in [0.1, 0.15) is 5.82 Å². The lowest BCUT2D eigenvalue weighted by Crippen LogP contribution is -2.32. The van der Waals surface area contributed by atoms with Crippen LogP contribution in [0.25, 0.3) is 0 Å². The molecule has 0 radical (unpaired) electrons. The Balaban J connectivity index is 1.50. The molecule has 1 fully saturated rings. The Labute approximate surface area is 192 Å². The van der Waals surface area contributed by atoms with Gasteiger partial charge in [0.15, 0.2) is 0 Å². The number of nitrogens with two attached hydrogens (primary N) is 1. The lowest BCUT2D eigenvalue weighted by atomic mass is 10.1. The van der Waals surface area contributed by atoms with E-state index in [-0.39, 0.29) is 17.6 Å². The Morgan fingerprint density at radius 1 is 1.03 bits per heavy atom. The van der Waals surface area contributed by atoms with Crippen LogP contribution in [-0.2, 0) is 0 Å². The average Bonchev–Trinajstić information content (AvgIpc) is 3.35. The highest BCUT2D eigenvalue weighted by Crippen LogP contribution is 2.24. The van der Waals surface area contributed by atoms with Crippen LogP contribution in [0.1, 0.15) is 41.7 Å². The maximum absolute atomic E-state index is 12.4. The predicted molar refractivity (Wildman–Crippen MR) is 129 cm³/mol. The van der Waals surface area contributed by atoms with E-state index >= 15 is 0 Å². The first-order chi connectivity index (χ1) is 16.0. The average molecular weight is 446 g/mol. The maximum atomic E-state index is 12.4. The third-order valence-corrected chi connectivity index (χ3v) is 5.47. The van der Waals surface area contributed by atoms with Gasteiger partial charge in [-0.05, 0) is 43.5 Å². The van der Waals surface area contributed by atoms with Crippen molar-refractivity contribution in [2.75, 3.05) is 29.0 Å². The van der Waals surface area contributed by atoms with E-state index in [9.17, 15) is 9.59 Å². The van der Waals surface area contributed by atoms with Gasteiger partial charge in [-0.25, -0.2) is 9.78 Å². The van der Waals surface area contributed by atoms with Gasteiger partial charge in [-0.2, -0.15) is 4.98 Å². The first-order valence-electron chi connectivity index (χ1n) is 10.9. The normalized spacial score (nSPS) is 13.9. The van der Waals surface area contributed by atoms with Crippen LogP contribution in [-0.4, -0.2) is 39.9 Å². The number of urea groups is 1. The summed E-state index contributed by atoms with van der Waals surface area (Å²) in [4.78, 5) is 34.8. The lowest BCUT2D eigenvalue weighted by molar-refractivity contribution is 0.100. The first-order valence-corrected chi connectivity index (χ1v) is 10.9. The molecule has 2 heterocycles. The molecule has 9 nitrogen and oxygen atoms in total. The van der Waals surface area contributed by atoms with Gasteiger partial charge in [0, 0.05) is 36.7 Å². The second kappa shape index (κ2) is 9.99. The highest BCUT2D eigenvalue weighted by Gasteiger charge is 2.18. The van der Waals surface area contributed by atoms with Gasteiger partial charge < -0.3 is 26.6 Å². The van der Waals surface area contributed by atoms with E-state index in [0.717, 1.165) is 31.5 Å². The van der Waals surface area contributed by atoms with Crippen molar-refractivity contribution in [1.29, 1.82) is 0 Å². The molecule has 1 aliphatic heterocycles. The van der Waals surface area contributed by atoms with E-state index in [0.29, 0.717) is 23.1 Å². The van der Waals surface area contributed by atoms with E-state index in [1.807, 2.05) is 55.5 Å². The summed E-state index contributed by atoms with van der Waals surface area (Å²) < 4.78 is 0. The number of carbonyl (C=O) groups excluding carboxylic acids is 2. The molecule has 1 atom stereocenters. The highest BCUT2D eigenvalue weighted by molar-refractivity contribution is 5.97. The summed E-state index contributed by atoms with van der Waals surface area (Å²) in [5.41, 5.74) is 8.14. The van der Waals surface area contributed by atoms with Crippen molar-refractivity contribution >= 4 is 35.1 Å². The third-order valence-electron chi connectivity index (χ3n) is 5.47. The van der Waals surface area contributed by atoms with Gasteiger partial charge in [0.05, 0.1) is 5.56 Å². The van der Waals surface area contributed by atoms with Crippen LogP contribution in [0.2, 0.25) is 0 Å². The summed E-state index contributed by atoms with van der Waals surface area (Å²) in [6.45, 7) is 3.53. The molecule has 3 amide bonds. The number of primary amides is 1. The van der Waals surface area contributed by atoms with Crippen LogP contribution in [0.5, 0.6) is 0 Å². The molecule has 2 aromatic carbocycles. The van der Waals surface area contributed by atoms with Gasteiger partial charge in [-0.1, -0.05) is 36.4 Å². The predicted octanol–water partition coefficient (Wildman–Crippen LogP) is 4.12. The number of benzene rings is 2. The van der Waals surface area contributed by atoms with Gasteiger partial charge in [-0.3, -0.25) is 4.79 Å². The van der Waals surface area contributed by atoms with E-state index in [4.69, 9.17) is 5.73 Å². The van der Waals surface area contributed by atoms with Gasteiger partial charge in [-0.15, -0.1) is 0 Å². The minimum Gasteiger partial charge on any atom is -0.365 e. The van der Waals surface area contributed by atoms with Crippen molar-refractivity contribution in [3.8, 4) is 0 Å². The van der Waals surface area contributed by atoms with E-state index in [1.165, 1.54) is 6.20 Å². The molecule has 0 aliphatic carbocycles. The Kier molecular flexibility index (Phi) is 6.68. The largest absolute Gasteiger partial charge is 0.365 e. The van der Waals surface area contributed by atoms with Gasteiger partial charge in [0.25, 0.3) is 5.91 Å². The van der Waals surface area contributed by atoms with Crippen LogP contribution in [0.3, 0.4) is 0 Å². The molecule has 1 aromatic heterocycles. The van der Waals surface area contributed by atoms with Crippen molar-refractivity contribution < 1.29 is 9.59 Å². The SMILES string of the molecule is CC(Nc1nc(Nc2cccc(NC(=O)N3CCCC3)c2)ncc1C(N)=O)c1ccccc1. The third kappa shape index (κ3) is 5.57. The van der Waals surface area contributed by atoms with Crippen molar-refractivity contribution in [3.05, 3.63) is 71.9 Å². The molecule has 170 valence electrons. The van der Waals surface area contributed by atoms with Crippen LogP contribution in [0.4, 0.5) is 27.9 Å². The fourth-order valence-electron chi connectivity index (χ4n) is 3.69. The quantitative estimate of drug-likeness (QED) is 0.433. The number of nitrogens with one attached hydrogen (secondary N) is 3. The first kappa shape index (κ1) is 22.1. The standard InChI is InChI=1S/C24H27N7O2/c1-16(17-8-3-2-4-9-17)27-22-20(21(25)32)15-26-23(30-22)28-18-10-7-11-19(14-18)29-24(33)31-12-5-6-13-31/h2-4,7-11,14-16H,5-6,12-13H2,1H3,(H2,25,32)(H,29,33)(H2,26,27,28,30). The van der Waals surface area contributed by atoms with Gasteiger partial charge >= 0.3 is 6.03 Å². The molecule has 4 rings (SSSR count). The van der Waals surface area contributed by atoms with Crippen molar-refractivity contribution in [2.24, 2.45) is 5.73 Å². The molecule has 0 saturated carbocycles. The highest BCUT2D eigenvalue weighted by atomic mass is 16.2. The topological polar surface area (TPSA) is 125 Å². The smallest absolute Gasteiger partial charge is 0.321 e. The zero-order chi connectivity index (χ0) is 23.2. The Bertz CT molecular complexity index is 1130. The number of likely N-dealkylation sites (tertiary alicyclic amines) is 1. The van der Waals surface area contributed by atoms with Gasteiger partial charge in [0.2, 0.25) is 5.95 Å². The molecule has 9 heteroatoms. The Morgan fingerprint density at radius 2 is 1.76 bits per heavy atom. The summed E-state index contributed by atoms with van der Waals surface area (Å²) in [5.74, 6) is 0.0246. The molecule has 0 spiro atoms. The number of rotatable bonds is 7. The van der Waals surface area contributed by atoms with Crippen molar-refractivity contribution in [1.82, 2.24) is 14.9 Å². The number of nitrogens with zero attached hydrogens (tertiary/aromatic N) is 3. The minimum atomic E-state index is -0.615. The van der Waals surface area contributed by atoms with E-state index in [2.05, 4.69) is 25.9 Å². The van der Waals surface area contributed by atoms with Crippen molar-refractivity contribution in [3.63, 3.8) is 0 Å². The Morgan fingerprint density at radius 3 is 2.48 bits per heavy atom. The van der Waals surface area contributed by atoms with Crippen LogP contribution in [0.15, 0.2) is 60.8 Å². The summed E-state index contributed by atoms with van der Waals surface area (Å²) >= 11 is 0.